The third-order valence-electron chi connectivity index (χ3n) is 2.28. The van der Waals surface area contributed by atoms with Crippen molar-refractivity contribution in [3.63, 3.8) is 0 Å². The van der Waals surface area contributed by atoms with E-state index < -0.39 is 17.5 Å². The first-order valence-corrected chi connectivity index (χ1v) is 6.70. The number of hydrogen-bond donors (Lipinski definition) is 3. The van der Waals surface area contributed by atoms with Gasteiger partial charge in [-0.25, -0.2) is 18.7 Å². The van der Waals surface area contributed by atoms with Gasteiger partial charge in [0, 0.05) is 17.8 Å². The first kappa shape index (κ1) is 15.0. The topological polar surface area (TPSA) is 107 Å². The first-order chi connectivity index (χ1) is 9.94. The molecule has 5 N–H and O–H groups in total. The number of nitrogens with one attached hydrogen (secondary N) is 1. The first-order valence-electron chi connectivity index (χ1n) is 5.72. The highest BCUT2D eigenvalue weighted by molar-refractivity contribution is 7.99. The number of halogens is 2. The van der Waals surface area contributed by atoms with Crippen LogP contribution in [-0.2, 0) is 4.79 Å². The van der Waals surface area contributed by atoms with Crippen LogP contribution in [0.25, 0.3) is 0 Å². The molecule has 0 aliphatic carbocycles. The Hall–Kier alpha value is -2.42. The molecule has 0 atom stereocenters. The van der Waals surface area contributed by atoms with E-state index >= 15 is 0 Å². The largest absolute Gasteiger partial charge is 0.383 e. The van der Waals surface area contributed by atoms with Crippen LogP contribution in [0.1, 0.15) is 0 Å². The molecule has 0 saturated heterocycles. The fraction of sp³-hybridized carbons (Fsp3) is 0.0833. The molecule has 6 nitrogen and oxygen atoms in total. The molecular formula is C12H11F2N5OS. The molecule has 0 unspecified atom stereocenters. The number of hydrogen-bond acceptors (Lipinski definition) is 6. The lowest BCUT2D eigenvalue weighted by molar-refractivity contribution is -0.113. The van der Waals surface area contributed by atoms with Gasteiger partial charge in [0.25, 0.3) is 0 Å². The average Bonchev–Trinajstić information content (AvgIpc) is 2.40. The maximum absolute atomic E-state index is 13.0. The van der Waals surface area contributed by atoms with Crippen molar-refractivity contribution < 1.29 is 13.6 Å². The minimum atomic E-state index is -1.03. The summed E-state index contributed by atoms with van der Waals surface area (Å²) in [5, 5.41) is 2.68. The van der Waals surface area contributed by atoms with Crippen LogP contribution in [0.3, 0.4) is 0 Å². The van der Waals surface area contributed by atoms with Gasteiger partial charge < -0.3 is 16.8 Å². The van der Waals surface area contributed by atoms with Crippen LogP contribution in [0.5, 0.6) is 0 Å². The molecule has 0 aliphatic rings. The van der Waals surface area contributed by atoms with Gasteiger partial charge in [0.2, 0.25) is 5.91 Å². The molecule has 0 spiro atoms. The maximum atomic E-state index is 13.0. The molecule has 1 heterocycles. The van der Waals surface area contributed by atoms with Crippen molar-refractivity contribution in [2.75, 3.05) is 22.5 Å². The number of nitrogens with zero attached hydrogens (tertiary/aromatic N) is 2. The Bertz CT molecular complexity index is 662. The third kappa shape index (κ3) is 4.28. The Morgan fingerprint density at radius 2 is 1.81 bits per heavy atom. The number of carbonyl (C=O) groups is 1. The molecule has 2 rings (SSSR count). The van der Waals surface area contributed by atoms with Crippen molar-refractivity contribution in [1.29, 1.82) is 0 Å². The van der Waals surface area contributed by atoms with Crippen molar-refractivity contribution in [2.24, 2.45) is 0 Å². The van der Waals surface area contributed by atoms with Gasteiger partial charge in [0.05, 0.1) is 5.75 Å². The highest BCUT2D eigenvalue weighted by atomic mass is 32.2. The van der Waals surface area contributed by atoms with E-state index in [0.29, 0.717) is 0 Å². The van der Waals surface area contributed by atoms with Crippen LogP contribution in [0.15, 0.2) is 29.4 Å². The number of benzene rings is 1. The van der Waals surface area contributed by atoms with E-state index in [2.05, 4.69) is 15.3 Å². The second kappa shape index (κ2) is 6.35. The van der Waals surface area contributed by atoms with Gasteiger partial charge >= 0.3 is 0 Å². The lowest BCUT2D eigenvalue weighted by atomic mass is 10.3. The maximum Gasteiger partial charge on any atom is 0.234 e. The number of aromatic nitrogens is 2. The second-order valence-corrected chi connectivity index (χ2v) is 4.91. The smallest absolute Gasteiger partial charge is 0.234 e. The highest BCUT2D eigenvalue weighted by Gasteiger charge is 2.09. The summed E-state index contributed by atoms with van der Waals surface area (Å²) in [7, 11) is 0. The molecular weight excluding hydrogens is 300 g/mol. The molecule has 2 aromatic rings. The van der Waals surface area contributed by atoms with Crippen molar-refractivity contribution in [3.8, 4) is 0 Å². The monoisotopic (exact) mass is 311 g/mol. The molecule has 0 bridgehead atoms. The van der Waals surface area contributed by atoms with Gasteiger partial charge in [-0.15, -0.1) is 0 Å². The number of anilines is 3. The molecule has 1 amide bonds. The van der Waals surface area contributed by atoms with E-state index in [1.165, 1.54) is 12.1 Å². The number of amides is 1. The van der Waals surface area contributed by atoms with Gasteiger partial charge in [0.15, 0.2) is 16.8 Å². The van der Waals surface area contributed by atoms with Crippen LogP contribution >= 0.6 is 11.8 Å². The number of carbonyl (C=O) groups excluding carboxylic acids is 1. The summed E-state index contributed by atoms with van der Waals surface area (Å²) < 4.78 is 25.7. The number of thioether (sulfide) groups is 1. The fourth-order valence-corrected chi connectivity index (χ4v) is 2.10. The molecule has 0 saturated carbocycles. The molecule has 1 aromatic heterocycles. The van der Waals surface area contributed by atoms with Gasteiger partial charge in [0.1, 0.15) is 11.6 Å². The Balaban J connectivity index is 1.94. The fourth-order valence-electron chi connectivity index (χ4n) is 1.43. The predicted molar refractivity (Wildman–Crippen MR) is 76.6 cm³/mol. The minimum Gasteiger partial charge on any atom is -0.383 e. The molecule has 0 aliphatic heterocycles. The molecule has 110 valence electrons. The Morgan fingerprint density at radius 1 is 1.14 bits per heavy atom. The second-order valence-electron chi connectivity index (χ2n) is 3.97. The van der Waals surface area contributed by atoms with Gasteiger partial charge in [-0.3, -0.25) is 4.79 Å². The number of nitrogens with two attached hydrogens (primary N) is 2. The number of rotatable bonds is 4. The standard InChI is InChI=1S/C12H11F2N5OS/c13-7-2-1-6(3-8(7)14)17-11(20)5-21-12-18-9(15)4-10(16)19-12/h1-4H,5H2,(H,17,20)(H4,15,16,18,19). The summed E-state index contributed by atoms with van der Waals surface area (Å²) in [6, 6.07) is 4.48. The van der Waals surface area contributed by atoms with E-state index in [9.17, 15) is 13.6 Å². The lowest BCUT2D eigenvalue weighted by Gasteiger charge is -2.05. The predicted octanol–water partition coefficient (Wildman–Crippen LogP) is 1.65. The molecule has 1 aromatic carbocycles. The van der Waals surface area contributed by atoms with Crippen LogP contribution in [-0.4, -0.2) is 21.6 Å². The summed E-state index contributed by atoms with van der Waals surface area (Å²) in [5.41, 5.74) is 11.2. The van der Waals surface area contributed by atoms with Crippen LogP contribution in [0, 0.1) is 11.6 Å². The molecule has 0 radical (unpaired) electrons. The highest BCUT2D eigenvalue weighted by Crippen LogP contribution is 2.17. The average molecular weight is 311 g/mol. The normalized spacial score (nSPS) is 10.4. The van der Waals surface area contributed by atoms with Gasteiger partial charge in [-0.05, 0) is 12.1 Å². The number of nitrogen functional groups attached to an aromatic ring is 2. The van der Waals surface area contributed by atoms with E-state index in [1.54, 1.807) is 0 Å². The molecule has 9 heteroatoms. The summed E-state index contributed by atoms with van der Waals surface area (Å²) >= 11 is 1.02. The van der Waals surface area contributed by atoms with E-state index in [0.717, 1.165) is 23.9 Å². The Kier molecular flexibility index (Phi) is 4.53. The Labute approximate surface area is 123 Å². The van der Waals surface area contributed by atoms with Gasteiger partial charge in [-0.2, -0.15) is 0 Å². The quantitative estimate of drug-likeness (QED) is 0.585. The summed E-state index contributed by atoms with van der Waals surface area (Å²) in [5.74, 6) is -2.06. The van der Waals surface area contributed by atoms with Gasteiger partial charge in [-0.1, -0.05) is 11.8 Å². The minimum absolute atomic E-state index is 0.0259. The third-order valence-corrected chi connectivity index (χ3v) is 3.13. The van der Waals surface area contributed by atoms with E-state index in [4.69, 9.17) is 11.5 Å². The van der Waals surface area contributed by atoms with Crippen molar-refractivity contribution >= 4 is 35.0 Å². The summed E-state index contributed by atoms with van der Waals surface area (Å²) in [6.07, 6.45) is 0. The van der Waals surface area contributed by atoms with Crippen molar-refractivity contribution in [2.45, 2.75) is 5.16 Å². The van der Waals surface area contributed by atoms with Crippen molar-refractivity contribution in [1.82, 2.24) is 9.97 Å². The van der Waals surface area contributed by atoms with E-state index in [-0.39, 0.29) is 28.2 Å². The zero-order chi connectivity index (χ0) is 15.4. The summed E-state index contributed by atoms with van der Waals surface area (Å²) in [6.45, 7) is 0. The molecule has 21 heavy (non-hydrogen) atoms. The molecule has 0 fully saturated rings. The van der Waals surface area contributed by atoms with Crippen molar-refractivity contribution in [3.05, 3.63) is 35.9 Å². The zero-order valence-corrected chi connectivity index (χ0v) is 11.5. The SMILES string of the molecule is Nc1cc(N)nc(SCC(=O)Nc2ccc(F)c(F)c2)n1. The van der Waals surface area contributed by atoms with Crippen LogP contribution < -0.4 is 16.8 Å². The zero-order valence-electron chi connectivity index (χ0n) is 10.6. The summed E-state index contributed by atoms with van der Waals surface area (Å²) in [4.78, 5) is 19.5. The van der Waals surface area contributed by atoms with E-state index in [1.807, 2.05) is 0 Å². The van der Waals surface area contributed by atoms with Crippen LogP contribution in [0.4, 0.5) is 26.1 Å². The Morgan fingerprint density at radius 3 is 2.43 bits per heavy atom. The van der Waals surface area contributed by atoms with Crippen LogP contribution in [0.2, 0.25) is 0 Å². The lowest BCUT2D eigenvalue weighted by Crippen LogP contribution is -2.14.